The number of benzene rings is 2. The average molecular weight is 554 g/mol. The summed E-state index contributed by atoms with van der Waals surface area (Å²) in [5.74, 6) is -1.97. The molecule has 1 heterocycles. The largest absolute Gasteiger partial charge is 0.481 e. The van der Waals surface area contributed by atoms with Gasteiger partial charge in [0.05, 0.1) is 29.7 Å². The van der Waals surface area contributed by atoms with Crippen molar-refractivity contribution >= 4 is 45.1 Å². The lowest BCUT2D eigenvalue weighted by Crippen LogP contribution is -2.58. The fourth-order valence-corrected chi connectivity index (χ4v) is 6.85. The highest BCUT2D eigenvalue weighted by Gasteiger charge is 2.55. The van der Waals surface area contributed by atoms with Crippen molar-refractivity contribution in [3.63, 3.8) is 0 Å². The molecule has 36 heavy (non-hydrogen) atoms. The first-order valence-corrected chi connectivity index (χ1v) is 14.3. The predicted octanol–water partition coefficient (Wildman–Crippen LogP) is 4.86. The molecule has 2 fully saturated rings. The third kappa shape index (κ3) is 5.72. The Morgan fingerprint density at radius 2 is 1.81 bits per heavy atom. The maximum atomic E-state index is 14.2. The number of halogens is 2. The standard InChI is InChI=1S/C26H30Cl2N2O5S/c1-26(14-23(31)32)13-21(18-4-3-5-20(28)12-18)24(17-8-10-19(27)11-9-17)30(25(26)33)22(16-6-7-16)15-36(34,35)29-2/h3-5,8-12,16,21-22,24,29H,6-7,13-15H2,1-2H3,(H,31,32)/t21-,22-,24-,26-/m1/s1. The number of hydrogen-bond donors (Lipinski definition) is 2. The van der Waals surface area contributed by atoms with Gasteiger partial charge in [-0.25, -0.2) is 13.1 Å². The van der Waals surface area contributed by atoms with Crippen LogP contribution in [0.1, 0.15) is 55.7 Å². The third-order valence-corrected chi connectivity index (χ3v) is 9.25. The van der Waals surface area contributed by atoms with Gasteiger partial charge in [-0.05, 0) is 67.6 Å². The summed E-state index contributed by atoms with van der Waals surface area (Å²) in [5.41, 5.74) is 0.448. The van der Waals surface area contributed by atoms with Gasteiger partial charge < -0.3 is 10.0 Å². The average Bonchev–Trinajstić information content (AvgIpc) is 3.65. The van der Waals surface area contributed by atoms with E-state index in [-0.39, 0.29) is 36.3 Å². The monoisotopic (exact) mass is 552 g/mol. The number of carboxylic acids is 1. The van der Waals surface area contributed by atoms with Gasteiger partial charge in [0.25, 0.3) is 0 Å². The predicted molar refractivity (Wildman–Crippen MR) is 140 cm³/mol. The molecule has 10 heteroatoms. The van der Waals surface area contributed by atoms with E-state index in [9.17, 15) is 23.1 Å². The number of nitrogens with one attached hydrogen (secondary N) is 1. The molecule has 1 saturated carbocycles. The molecule has 0 radical (unpaired) electrons. The first kappa shape index (κ1) is 26.9. The van der Waals surface area contributed by atoms with Crippen molar-refractivity contribution in [2.24, 2.45) is 11.3 Å². The maximum absolute atomic E-state index is 14.2. The summed E-state index contributed by atoms with van der Waals surface area (Å²) >= 11 is 12.5. The Bertz CT molecular complexity index is 1250. The van der Waals surface area contributed by atoms with E-state index in [4.69, 9.17) is 23.2 Å². The molecule has 0 bridgehead atoms. The summed E-state index contributed by atoms with van der Waals surface area (Å²) in [6.45, 7) is 1.67. The summed E-state index contributed by atoms with van der Waals surface area (Å²) in [6.07, 6.45) is 1.53. The van der Waals surface area contributed by atoms with E-state index >= 15 is 0 Å². The normalized spacial score (nSPS) is 25.6. The molecule has 1 aliphatic heterocycles. The molecule has 4 atom stereocenters. The molecule has 2 aromatic rings. The van der Waals surface area contributed by atoms with Crippen LogP contribution in [-0.4, -0.2) is 49.1 Å². The van der Waals surface area contributed by atoms with E-state index < -0.39 is 33.5 Å². The molecule has 4 rings (SSSR count). The Labute approximate surface area is 221 Å². The minimum Gasteiger partial charge on any atom is -0.481 e. The molecule has 0 aromatic heterocycles. The summed E-state index contributed by atoms with van der Waals surface area (Å²) in [7, 11) is -2.30. The summed E-state index contributed by atoms with van der Waals surface area (Å²) in [4.78, 5) is 27.8. The van der Waals surface area contributed by atoms with E-state index in [1.54, 1.807) is 30.0 Å². The fraction of sp³-hybridized carbons (Fsp3) is 0.462. The van der Waals surface area contributed by atoms with Gasteiger partial charge in [-0.3, -0.25) is 9.59 Å². The van der Waals surface area contributed by atoms with Crippen LogP contribution in [0, 0.1) is 11.3 Å². The number of carboxylic acid groups (broad SMARTS) is 1. The van der Waals surface area contributed by atoms with Gasteiger partial charge in [0.15, 0.2) is 0 Å². The molecule has 2 aliphatic rings. The highest BCUT2D eigenvalue weighted by Crippen LogP contribution is 2.54. The number of rotatable bonds is 9. The number of nitrogens with zero attached hydrogens (tertiary/aromatic N) is 1. The van der Waals surface area contributed by atoms with Crippen LogP contribution in [0.15, 0.2) is 48.5 Å². The molecular formula is C26H30Cl2N2O5S. The Hall–Kier alpha value is -2.13. The SMILES string of the molecule is CNS(=O)(=O)C[C@H](C1CC1)N1C(=O)[C@@](C)(CC(=O)O)C[C@H](c2cccc(Cl)c2)[C@H]1c1ccc(Cl)cc1. The van der Waals surface area contributed by atoms with Crippen molar-refractivity contribution in [2.45, 2.75) is 50.6 Å². The zero-order chi connectivity index (χ0) is 26.3. The van der Waals surface area contributed by atoms with Crippen LogP contribution in [0.5, 0.6) is 0 Å². The third-order valence-electron chi connectivity index (χ3n) is 7.36. The minimum atomic E-state index is -3.66. The number of aliphatic carboxylic acids is 1. The van der Waals surface area contributed by atoms with Crippen LogP contribution in [0.2, 0.25) is 10.0 Å². The number of hydrogen-bond acceptors (Lipinski definition) is 4. The highest BCUT2D eigenvalue weighted by molar-refractivity contribution is 7.89. The van der Waals surface area contributed by atoms with Gasteiger partial charge >= 0.3 is 5.97 Å². The maximum Gasteiger partial charge on any atom is 0.304 e. The van der Waals surface area contributed by atoms with E-state index in [0.717, 1.165) is 24.0 Å². The topological polar surface area (TPSA) is 104 Å². The second kappa shape index (κ2) is 10.3. The van der Waals surface area contributed by atoms with Gasteiger partial charge in [0.2, 0.25) is 15.9 Å². The van der Waals surface area contributed by atoms with Crippen molar-refractivity contribution < 1.29 is 23.1 Å². The van der Waals surface area contributed by atoms with Gasteiger partial charge in [-0.2, -0.15) is 0 Å². The van der Waals surface area contributed by atoms with Gasteiger partial charge in [-0.15, -0.1) is 0 Å². The van der Waals surface area contributed by atoms with Crippen molar-refractivity contribution in [3.05, 3.63) is 69.7 Å². The zero-order valence-corrected chi connectivity index (χ0v) is 22.5. The number of carbonyl (C=O) groups excluding carboxylic acids is 1. The first-order valence-electron chi connectivity index (χ1n) is 11.9. The minimum absolute atomic E-state index is 0.0130. The van der Waals surface area contributed by atoms with Crippen LogP contribution in [0.4, 0.5) is 0 Å². The Morgan fingerprint density at radius 1 is 1.14 bits per heavy atom. The van der Waals surface area contributed by atoms with Crippen LogP contribution >= 0.6 is 23.2 Å². The quantitative estimate of drug-likeness (QED) is 0.462. The lowest BCUT2D eigenvalue weighted by molar-refractivity contribution is -0.160. The van der Waals surface area contributed by atoms with E-state index in [1.165, 1.54) is 7.05 Å². The second-order valence-corrected chi connectivity index (χ2v) is 12.9. The van der Waals surface area contributed by atoms with E-state index in [1.807, 2.05) is 30.3 Å². The lowest BCUT2D eigenvalue weighted by Gasteiger charge is -2.52. The van der Waals surface area contributed by atoms with Crippen LogP contribution in [-0.2, 0) is 19.6 Å². The molecule has 7 nitrogen and oxygen atoms in total. The van der Waals surface area contributed by atoms with Gasteiger partial charge in [-0.1, -0.05) is 54.4 Å². The molecule has 1 amide bonds. The number of likely N-dealkylation sites (tertiary alicyclic amines) is 1. The number of sulfonamides is 1. The first-order chi connectivity index (χ1) is 16.9. The highest BCUT2D eigenvalue weighted by atomic mass is 35.5. The Balaban J connectivity index is 1.93. The smallest absolute Gasteiger partial charge is 0.304 e. The zero-order valence-electron chi connectivity index (χ0n) is 20.2. The molecule has 0 spiro atoms. The van der Waals surface area contributed by atoms with Crippen LogP contribution < -0.4 is 4.72 Å². The molecule has 0 unspecified atom stereocenters. The molecule has 1 aliphatic carbocycles. The van der Waals surface area contributed by atoms with Crippen molar-refractivity contribution in [1.29, 1.82) is 0 Å². The van der Waals surface area contributed by atoms with Gasteiger partial charge in [0, 0.05) is 16.0 Å². The molecule has 2 aromatic carbocycles. The molecule has 2 N–H and O–H groups in total. The molecule has 194 valence electrons. The van der Waals surface area contributed by atoms with Crippen molar-refractivity contribution in [1.82, 2.24) is 9.62 Å². The number of carbonyl (C=O) groups is 2. The Kier molecular flexibility index (Phi) is 7.72. The molecular weight excluding hydrogens is 523 g/mol. The second-order valence-electron chi connectivity index (χ2n) is 10.1. The lowest BCUT2D eigenvalue weighted by atomic mass is 9.67. The van der Waals surface area contributed by atoms with Gasteiger partial charge in [0.1, 0.15) is 0 Å². The summed E-state index contributed by atoms with van der Waals surface area (Å²) in [6, 6.07) is 13.4. The van der Waals surface area contributed by atoms with Crippen molar-refractivity contribution in [3.8, 4) is 0 Å². The van der Waals surface area contributed by atoms with Crippen LogP contribution in [0.3, 0.4) is 0 Å². The number of piperidine rings is 1. The summed E-state index contributed by atoms with van der Waals surface area (Å²) in [5, 5.41) is 10.8. The Morgan fingerprint density at radius 3 is 2.36 bits per heavy atom. The number of amides is 1. The fourth-order valence-electron chi connectivity index (χ4n) is 5.48. The van der Waals surface area contributed by atoms with E-state index in [2.05, 4.69) is 4.72 Å². The van der Waals surface area contributed by atoms with E-state index in [0.29, 0.717) is 10.0 Å². The van der Waals surface area contributed by atoms with Crippen molar-refractivity contribution in [2.75, 3.05) is 12.8 Å². The van der Waals surface area contributed by atoms with Crippen LogP contribution in [0.25, 0.3) is 0 Å². The molecule has 1 saturated heterocycles. The summed E-state index contributed by atoms with van der Waals surface area (Å²) < 4.78 is 27.9.